The van der Waals surface area contributed by atoms with Crippen molar-refractivity contribution in [3.8, 4) is 0 Å². The summed E-state index contributed by atoms with van der Waals surface area (Å²) < 4.78 is 46.8. The van der Waals surface area contributed by atoms with Crippen LogP contribution in [0.3, 0.4) is 0 Å². The topological polar surface area (TPSA) is 105 Å². The number of alkyl halides is 3. The first kappa shape index (κ1) is 26.9. The van der Waals surface area contributed by atoms with Crippen molar-refractivity contribution in [1.82, 2.24) is 4.90 Å². The third kappa shape index (κ3) is 6.94. The number of morpholine rings is 1. The van der Waals surface area contributed by atoms with E-state index in [2.05, 4.69) is 5.32 Å². The summed E-state index contributed by atoms with van der Waals surface area (Å²) in [7, 11) is 0. The largest absolute Gasteiger partial charge is 0.418 e. The highest BCUT2D eigenvalue weighted by Gasteiger charge is 2.39. The lowest BCUT2D eigenvalue weighted by molar-refractivity contribution is -0.137. The molecule has 2 fully saturated rings. The summed E-state index contributed by atoms with van der Waals surface area (Å²) >= 11 is 0. The summed E-state index contributed by atoms with van der Waals surface area (Å²) in [5, 5.41) is 2.29. The number of anilines is 2. The molecule has 0 unspecified atom stereocenters. The number of nitrogens with one attached hydrogen (secondary N) is 1. The molecule has 0 spiro atoms. The maximum atomic E-state index is 13.9. The normalized spacial score (nSPS) is 18.4. The van der Waals surface area contributed by atoms with Gasteiger partial charge in [-0.2, -0.15) is 13.2 Å². The number of hydrogen-bond acceptors (Lipinski definition) is 5. The minimum absolute atomic E-state index is 0.0504. The van der Waals surface area contributed by atoms with Crippen molar-refractivity contribution in [1.29, 1.82) is 0 Å². The number of primary amides is 1. The Balaban J connectivity index is 1.89. The third-order valence-corrected chi connectivity index (χ3v) is 6.14. The standard InChI is InChI=1S/C24H33F3N4O4/c1-23(2,3)14-30(12-15-5-4-6-15)20(21(28)33)22(34)29-18-8-7-16(11-17(18)24(25,26)27)31-9-10-35-13-19(31)32/h7-8,11,15,20H,4-6,9-10,12-14H2,1-3H3,(H2,28,33)(H,29,34)/t20-/m0/s1. The molecule has 3 rings (SSSR count). The Morgan fingerprint density at radius 1 is 1.26 bits per heavy atom. The smallest absolute Gasteiger partial charge is 0.370 e. The van der Waals surface area contributed by atoms with E-state index in [1.165, 1.54) is 11.0 Å². The fourth-order valence-electron chi connectivity index (χ4n) is 4.39. The summed E-state index contributed by atoms with van der Waals surface area (Å²) in [5.74, 6) is -1.98. The van der Waals surface area contributed by atoms with Gasteiger partial charge in [0.1, 0.15) is 6.61 Å². The second kappa shape index (κ2) is 10.5. The molecule has 0 bridgehead atoms. The minimum Gasteiger partial charge on any atom is -0.370 e. The fraction of sp³-hybridized carbons (Fsp3) is 0.625. The van der Waals surface area contributed by atoms with Gasteiger partial charge in [0.2, 0.25) is 5.91 Å². The lowest BCUT2D eigenvalue weighted by atomic mass is 9.84. The maximum absolute atomic E-state index is 13.9. The second-order valence-electron chi connectivity index (χ2n) is 10.4. The van der Waals surface area contributed by atoms with Gasteiger partial charge in [-0.3, -0.25) is 19.3 Å². The van der Waals surface area contributed by atoms with Crippen molar-refractivity contribution in [3.63, 3.8) is 0 Å². The van der Waals surface area contributed by atoms with E-state index in [1.807, 2.05) is 20.8 Å². The summed E-state index contributed by atoms with van der Waals surface area (Å²) in [6.07, 6.45) is -1.82. The Labute approximate surface area is 202 Å². The van der Waals surface area contributed by atoms with Gasteiger partial charge in [0.05, 0.1) is 17.9 Å². The van der Waals surface area contributed by atoms with Crippen LogP contribution in [-0.2, 0) is 25.3 Å². The highest BCUT2D eigenvalue weighted by molar-refractivity contribution is 6.10. The fourth-order valence-corrected chi connectivity index (χ4v) is 4.39. The van der Waals surface area contributed by atoms with Crippen molar-refractivity contribution >= 4 is 29.1 Å². The van der Waals surface area contributed by atoms with Crippen molar-refractivity contribution in [2.45, 2.75) is 52.3 Å². The van der Waals surface area contributed by atoms with Crippen LogP contribution >= 0.6 is 0 Å². The van der Waals surface area contributed by atoms with E-state index in [0.717, 1.165) is 31.4 Å². The van der Waals surface area contributed by atoms with Crippen molar-refractivity contribution < 1.29 is 32.3 Å². The molecule has 1 aliphatic heterocycles. The molecule has 0 aromatic heterocycles. The molecule has 1 heterocycles. The van der Waals surface area contributed by atoms with E-state index < -0.39 is 41.2 Å². The van der Waals surface area contributed by atoms with Crippen LogP contribution in [0.5, 0.6) is 0 Å². The van der Waals surface area contributed by atoms with Crippen LogP contribution in [0.4, 0.5) is 24.5 Å². The monoisotopic (exact) mass is 498 g/mol. The van der Waals surface area contributed by atoms with Crippen molar-refractivity contribution in [2.75, 3.05) is 43.1 Å². The Morgan fingerprint density at radius 3 is 2.46 bits per heavy atom. The molecular formula is C24H33F3N4O4. The zero-order chi connectivity index (χ0) is 26.0. The number of ether oxygens (including phenoxy) is 1. The van der Waals surface area contributed by atoms with Crippen molar-refractivity contribution in [2.24, 2.45) is 17.1 Å². The Hall–Kier alpha value is -2.66. The molecular weight excluding hydrogens is 465 g/mol. The van der Waals surface area contributed by atoms with Crippen LogP contribution in [0.1, 0.15) is 45.6 Å². The van der Waals surface area contributed by atoms with E-state index in [4.69, 9.17) is 10.5 Å². The van der Waals surface area contributed by atoms with Gasteiger partial charge in [-0.05, 0) is 42.4 Å². The highest BCUT2D eigenvalue weighted by atomic mass is 19.4. The third-order valence-electron chi connectivity index (χ3n) is 6.14. The molecule has 1 saturated carbocycles. The van der Waals surface area contributed by atoms with Crippen LogP contribution in [-0.4, -0.2) is 61.5 Å². The van der Waals surface area contributed by atoms with Gasteiger partial charge in [-0.15, -0.1) is 0 Å². The average Bonchev–Trinajstić information content (AvgIpc) is 2.69. The number of rotatable bonds is 8. The van der Waals surface area contributed by atoms with Crippen LogP contribution in [0, 0.1) is 11.3 Å². The second-order valence-corrected chi connectivity index (χ2v) is 10.4. The van der Waals surface area contributed by atoms with Gasteiger partial charge in [0.15, 0.2) is 6.04 Å². The van der Waals surface area contributed by atoms with E-state index in [9.17, 15) is 27.6 Å². The molecule has 1 aromatic rings. The first-order valence-electron chi connectivity index (χ1n) is 11.7. The first-order chi connectivity index (χ1) is 16.3. The number of nitrogens with zero attached hydrogens (tertiary/aromatic N) is 2. The van der Waals surface area contributed by atoms with Gasteiger partial charge in [0, 0.05) is 25.3 Å². The summed E-state index contributed by atoms with van der Waals surface area (Å²) in [6.45, 7) is 6.78. The molecule has 1 atom stereocenters. The number of nitrogens with two attached hydrogens (primary N) is 1. The van der Waals surface area contributed by atoms with Crippen molar-refractivity contribution in [3.05, 3.63) is 23.8 Å². The minimum atomic E-state index is -4.81. The number of hydrogen-bond donors (Lipinski definition) is 2. The number of amides is 3. The number of carbonyl (C=O) groups is 3. The summed E-state index contributed by atoms with van der Waals surface area (Å²) in [6, 6.07) is 1.82. The lowest BCUT2D eigenvalue weighted by Gasteiger charge is -2.38. The van der Waals surface area contributed by atoms with Gasteiger partial charge in [0.25, 0.3) is 11.8 Å². The Morgan fingerprint density at radius 2 is 1.94 bits per heavy atom. The predicted octanol–water partition coefficient (Wildman–Crippen LogP) is 3.01. The van der Waals surface area contributed by atoms with Gasteiger partial charge >= 0.3 is 6.18 Å². The highest BCUT2D eigenvalue weighted by Crippen LogP contribution is 2.38. The Kier molecular flexibility index (Phi) is 8.10. The summed E-state index contributed by atoms with van der Waals surface area (Å²) in [4.78, 5) is 40.5. The maximum Gasteiger partial charge on any atom is 0.418 e. The molecule has 3 amide bonds. The number of carbonyl (C=O) groups excluding carboxylic acids is 3. The molecule has 3 N–H and O–H groups in total. The van der Waals surface area contributed by atoms with Crippen LogP contribution in [0.15, 0.2) is 18.2 Å². The molecule has 11 heteroatoms. The first-order valence-corrected chi connectivity index (χ1v) is 11.7. The molecule has 1 saturated heterocycles. The summed E-state index contributed by atoms with van der Waals surface area (Å²) in [5.41, 5.74) is 3.74. The van der Waals surface area contributed by atoms with Gasteiger partial charge in [-0.25, -0.2) is 0 Å². The molecule has 1 aromatic carbocycles. The molecule has 1 aliphatic carbocycles. The average molecular weight is 499 g/mol. The number of benzene rings is 1. The zero-order valence-corrected chi connectivity index (χ0v) is 20.3. The molecule has 8 nitrogen and oxygen atoms in total. The van der Waals surface area contributed by atoms with E-state index in [1.54, 1.807) is 4.90 Å². The van der Waals surface area contributed by atoms with E-state index >= 15 is 0 Å². The SMILES string of the molecule is CC(C)(C)CN(CC1CCC1)[C@@H](C(N)=O)C(=O)Nc1ccc(N2CCOCC2=O)cc1C(F)(F)F. The van der Waals surface area contributed by atoms with E-state index in [-0.39, 0.29) is 30.9 Å². The van der Waals surface area contributed by atoms with E-state index in [0.29, 0.717) is 19.0 Å². The molecule has 0 radical (unpaired) electrons. The van der Waals surface area contributed by atoms with Gasteiger partial charge < -0.3 is 20.7 Å². The van der Waals surface area contributed by atoms with Crippen LogP contribution in [0.2, 0.25) is 0 Å². The molecule has 35 heavy (non-hydrogen) atoms. The zero-order valence-electron chi connectivity index (χ0n) is 20.3. The number of halogens is 3. The lowest BCUT2D eigenvalue weighted by Crippen LogP contribution is -2.55. The van der Waals surface area contributed by atoms with Crippen LogP contribution < -0.4 is 16.0 Å². The molecule has 194 valence electrons. The molecule has 2 aliphatic rings. The Bertz CT molecular complexity index is 957. The van der Waals surface area contributed by atoms with Crippen LogP contribution in [0.25, 0.3) is 0 Å². The predicted molar refractivity (Wildman–Crippen MR) is 125 cm³/mol. The van der Waals surface area contributed by atoms with Gasteiger partial charge in [-0.1, -0.05) is 27.2 Å². The quantitative estimate of drug-likeness (QED) is 0.536.